The maximum absolute atomic E-state index is 13.7. The molecule has 4 rings (SSSR count). The number of aromatic nitrogens is 2. The number of carbonyl (C=O) groups is 1. The number of anilines is 1. The first-order valence-electron chi connectivity index (χ1n) is 11.8. The Balaban J connectivity index is 1.62. The molecule has 2 N–H and O–H groups in total. The molecular weight excluding hydrogens is 471 g/mol. The van der Waals surface area contributed by atoms with Crippen molar-refractivity contribution < 1.29 is 22.7 Å². The molecule has 2 amide bonds. The highest BCUT2D eigenvalue weighted by Gasteiger charge is 2.36. The number of ether oxygens (including phenoxy) is 1. The lowest BCUT2D eigenvalue weighted by Gasteiger charge is -2.41. The van der Waals surface area contributed by atoms with E-state index < -0.39 is 17.8 Å². The normalized spacial score (nSPS) is 15.9. The van der Waals surface area contributed by atoms with Crippen LogP contribution < -0.4 is 15.0 Å². The SMILES string of the molecule is CNC(=O)N(c1ccccc1OC)C1CCN(C(c2ccc(C)c(C(F)(F)F)c2)c2cnc[nH]2)CC1. The first-order valence-corrected chi connectivity index (χ1v) is 11.8. The number of aryl methyl sites for hydroxylation is 1. The van der Waals surface area contributed by atoms with Gasteiger partial charge in [-0.2, -0.15) is 13.2 Å². The molecule has 36 heavy (non-hydrogen) atoms. The van der Waals surface area contributed by atoms with Crippen LogP contribution in [0.5, 0.6) is 5.75 Å². The van der Waals surface area contributed by atoms with Gasteiger partial charge in [0.05, 0.1) is 36.4 Å². The molecule has 0 aliphatic carbocycles. The number of aromatic amines is 1. The number of amides is 2. The van der Waals surface area contributed by atoms with E-state index in [-0.39, 0.29) is 17.6 Å². The maximum atomic E-state index is 13.7. The van der Waals surface area contributed by atoms with Gasteiger partial charge in [0.15, 0.2) is 0 Å². The number of rotatable bonds is 6. The van der Waals surface area contributed by atoms with Gasteiger partial charge in [-0.25, -0.2) is 9.78 Å². The second-order valence-corrected chi connectivity index (χ2v) is 8.85. The second kappa shape index (κ2) is 10.6. The fourth-order valence-electron chi connectivity index (χ4n) is 4.94. The minimum Gasteiger partial charge on any atom is -0.495 e. The van der Waals surface area contributed by atoms with Gasteiger partial charge in [0, 0.05) is 32.4 Å². The summed E-state index contributed by atoms with van der Waals surface area (Å²) in [4.78, 5) is 23.9. The largest absolute Gasteiger partial charge is 0.495 e. The van der Waals surface area contributed by atoms with Crippen molar-refractivity contribution in [1.82, 2.24) is 20.2 Å². The standard InChI is InChI=1S/C26H30F3N5O2/c1-17-8-9-18(14-20(17)26(27,28)29)24(21-15-31-16-32-21)33-12-10-19(11-13-33)34(25(35)30-2)22-6-4-5-7-23(22)36-3/h4-9,14-16,19,24H,10-13H2,1-3H3,(H,30,35)(H,31,32). The van der Waals surface area contributed by atoms with Crippen LogP contribution in [-0.4, -0.2) is 54.2 Å². The number of imidazole rings is 1. The molecule has 1 atom stereocenters. The summed E-state index contributed by atoms with van der Waals surface area (Å²) in [6.45, 7) is 2.62. The zero-order valence-electron chi connectivity index (χ0n) is 20.5. The molecule has 0 radical (unpaired) electrons. The van der Waals surface area contributed by atoms with Crippen molar-refractivity contribution in [2.75, 3.05) is 32.1 Å². The number of alkyl halides is 3. The number of hydrogen-bond donors (Lipinski definition) is 2. The number of likely N-dealkylation sites (tertiary alicyclic amines) is 1. The van der Waals surface area contributed by atoms with Crippen LogP contribution in [0.3, 0.4) is 0 Å². The Kier molecular flexibility index (Phi) is 7.53. The molecule has 1 aliphatic heterocycles. The smallest absolute Gasteiger partial charge is 0.416 e. The molecule has 0 saturated carbocycles. The summed E-state index contributed by atoms with van der Waals surface area (Å²) in [5.74, 6) is 0.596. The first kappa shape index (κ1) is 25.6. The van der Waals surface area contributed by atoms with Gasteiger partial charge in [0.1, 0.15) is 5.75 Å². The zero-order valence-corrected chi connectivity index (χ0v) is 20.5. The number of piperidine rings is 1. The Bertz CT molecular complexity index is 1170. The van der Waals surface area contributed by atoms with Gasteiger partial charge in [-0.3, -0.25) is 9.80 Å². The quantitative estimate of drug-likeness (QED) is 0.490. The molecule has 1 aromatic heterocycles. The predicted molar refractivity (Wildman–Crippen MR) is 131 cm³/mol. The first-order chi connectivity index (χ1) is 17.2. The third kappa shape index (κ3) is 5.18. The predicted octanol–water partition coefficient (Wildman–Crippen LogP) is 5.15. The van der Waals surface area contributed by atoms with Crippen molar-refractivity contribution in [3.63, 3.8) is 0 Å². The van der Waals surface area contributed by atoms with Gasteiger partial charge in [-0.05, 0) is 49.1 Å². The summed E-state index contributed by atoms with van der Waals surface area (Å²) in [5, 5.41) is 2.72. The van der Waals surface area contributed by atoms with E-state index in [0.717, 1.165) is 5.69 Å². The lowest BCUT2D eigenvalue weighted by Crippen LogP contribution is -2.51. The molecule has 2 aromatic carbocycles. The van der Waals surface area contributed by atoms with E-state index in [1.165, 1.54) is 25.4 Å². The third-order valence-electron chi connectivity index (χ3n) is 6.70. The second-order valence-electron chi connectivity index (χ2n) is 8.85. The molecule has 0 bridgehead atoms. The van der Waals surface area contributed by atoms with Crippen molar-refractivity contribution in [3.8, 4) is 5.75 Å². The molecule has 2 heterocycles. The molecule has 192 valence electrons. The van der Waals surface area contributed by atoms with Gasteiger partial charge >= 0.3 is 12.2 Å². The highest BCUT2D eigenvalue weighted by atomic mass is 19.4. The van der Waals surface area contributed by atoms with Crippen LogP contribution >= 0.6 is 0 Å². The average molecular weight is 502 g/mol. The monoisotopic (exact) mass is 501 g/mol. The van der Waals surface area contributed by atoms with Crippen molar-refractivity contribution >= 4 is 11.7 Å². The van der Waals surface area contributed by atoms with Gasteiger partial charge in [-0.15, -0.1) is 0 Å². The Labute approximate surface area is 208 Å². The lowest BCUT2D eigenvalue weighted by atomic mass is 9.94. The molecule has 10 heteroatoms. The number of hydrogen-bond acceptors (Lipinski definition) is 4. The van der Waals surface area contributed by atoms with E-state index in [0.29, 0.717) is 42.9 Å². The van der Waals surface area contributed by atoms with Crippen LogP contribution in [-0.2, 0) is 6.18 Å². The zero-order chi connectivity index (χ0) is 25.9. The summed E-state index contributed by atoms with van der Waals surface area (Å²) in [5.41, 5.74) is 1.49. The van der Waals surface area contributed by atoms with Crippen LogP contribution in [0.4, 0.5) is 23.7 Å². The van der Waals surface area contributed by atoms with Crippen LogP contribution in [0.25, 0.3) is 0 Å². The average Bonchev–Trinajstić information content (AvgIpc) is 3.40. The minimum atomic E-state index is -4.44. The molecule has 1 fully saturated rings. The van der Waals surface area contributed by atoms with E-state index >= 15 is 0 Å². The van der Waals surface area contributed by atoms with Crippen LogP contribution in [0.2, 0.25) is 0 Å². The van der Waals surface area contributed by atoms with Crippen molar-refractivity contribution in [2.45, 2.75) is 38.0 Å². The number of carbonyl (C=O) groups excluding carboxylic acids is 1. The van der Waals surface area contributed by atoms with Crippen LogP contribution in [0.15, 0.2) is 55.0 Å². The van der Waals surface area contributed by atoms with E-state index in [4.69, 9.17) is 4.74 Å². The highest BCUT2D eigenvalue weighted by molar-refractivity contribution is 5.94. The van der Waals surface area contributed by atoms with E-state index in [1.807, 2.05) is 24.3 Å². The number of para-hydroxylation sites is 2. The Morgan fingerprint density at radius 2 is 1.94 bits per heavy atom. The lowest BCUT2D eigenvalue weighted by molar-refractivity contribution is -0.138. The number of H-pyrrole nitrogens is 1. The molecular formula is C26H30F3N5O2. The van der Waals surface area contributed by atoms with Crippen LogP contribution in [0.1, 0.15) is 41.3 Å². The number of halogens is 3. The fraction of sp³-hybridized carbons (Fsp3) is 0.385. The molecule has 1 saturated heterocycles. The Hall–Kier alpha value is -3.53. The molecule has 1 aliphatic rings. The number of benzene rings is 2. The van der Waals surface area contributed by atoms with E-state index in [9.17, 15) is 18.0 Å². The van der Waals surface area contributed by atoms with Gasteiger partial charge in [0.2, 0.25) is 0 Å². The van der Waals surface area contributed by atoms with Gasteiger partial charge in [0.25, 0.3) is 0 Å². The number of nitrogens with one attached hydrogen (secondary N) is 2. The molecule has 7 nitrogen and oxygen atoms in total. The van der Waals surface area contributed by atoms with Crippen molar-refractivity contribution in [3.05, 3.63) is 77.4 Å². The molecule has 1 unspecified atom stereocenters. The van der Waals surface area contributed by atoms with E-state index in [1.54, 1.807) is 31.3 Å². The summed E-state index contributed by atoms with van der Waals surface area (Å²) in [7, 11) is 3.15. The van der Waals surface area contributed by atoms with Crippen LogP contribution in [0, 0.1) is 6.92 Å². The third-order valence-corrected chi connectivity index (χ3v) is 6.70. The Morgan fingerprint density at radius 3 is 2.56 bits per heavy atom. The number of nitrogens with zero attached hydrogens (tertiary/aromatic N) is 3. The molecule has 0 spiro atoms. The van der Waals surface area contributed by atoms with Crippen molar-refractivity contribution in [1.29, 1.82) is 0 Å². The van der Waals surface area contributed by atoms with E-state index in [2.05, 4.69) is 20.2 Å². The summed E-state index contributed by atoms with van der Waals surface area (Å²) >= 11 is 0. The fourth-order valence-corrected chi connectivity index (χ4v) is 4.94. The number of methoxy groups -OCH3 is 1. The summed E-state index contributed by atoms with van der Waals surface area (Å²) in [6, 6.07) is 11.1. The number of urea groups is 1. The highest BCUT2D eigenvalue weighted by Crippen LogP contribution is 2.38. The maximum Gasteiger partial charge on any atom is 0.416 e. The topological polar surface area (TPSA) is 73.5 Å². The summed E-state index contributed by atoms with van der Waals surface area (Å²) < 4.78 is 46.5. The summed E-state index contributed by atoms with van der Waals surface area (Å²) in [6.07, 6.45) is 0.00898. The molecule has 3 aromatic rings. The van der Waals surface area contributed by atoms with Crippen molar-refractivity contribution in [2.24, 2.45) is 0 Å². The Morgan fingerprint density at radius 1 is 1.22 bits per heavy atom. The van der Waals surface area contributed by atoms with Gasteiger partial charge in [-0.1, -0.05) is 24.3 Å². The van der Waals surface area contributed by atoms with Gasteiger partial charge < -0.3 is 15.0 Å². The minimum absolute atomic E-state index is 0.108.